The van der Waals surface area contributed by atoms with Gasteiger partial charge in [0.25, 0.3) is 0 Å². The van der Waals surface area contributed by atoms with E-state index in [-0.39, 0.29) is 0 Å². The molecule has 1 heterocycles. The molecule has 0 saturated carbocycles. The molecular formula is C14H18N4O2S. The van der Waals surface area contributed by atoms with Gasteiger partial charge in [0, 0.05) is 17.4 Å². The second kappa shape index (κ2) is 6.09. The summed E-state index contributed by atoms with van der Waals surface area (Å²) < 4.78 is 25.4. The predicted molar refractivity (Wildman–Crippen MR) is 84.3 cm³/mol. The molecule has 0 bridgehead atoms. The third kappa shape index (κ3) is 4.42. The van der Waals surface area contributed by atoms with Gasteiger partial charge in [-0.2, -0.15) is 0 Å². The molecule has 0 saturated heterocycles. The Balaban J connectivity index is 2.31. The van der Waals surface area contributed by atoms with E-state index in [2.05, 4.69) is 20.0 Å². The van der Waals surface area contributed by atoms with Crippen LogP contribution in [-0.2, 0) is 16.4 Å². The summed E-state index contributed by atoms with van der Waals surface area (Å²) in [7, 11) is -3.31. The fraction of sp³-hybridized carbons (Fsp3) is 0.286. The van der Waals surface area contributed by atoms with Crippen LogP contribution in [0.5, 0.6) is 0 Å². The van der Waals surface area contributed by atoms with Gasteiger partial charge in [-0.05, 0) is 31.0 Å². The third-order valence-electron chi connectivity index (χ3n) is 2.86. The maximum absolute atomic E-state index is 11.4. The first kappa shape index (κ1) is 15.2. The summed E-state index contributed by atoms with van der Waals surface area (Å²) >= 11 is 0. The van der Waals surface area contributed by atoms with Crippen molar-refractivity contribution in [2.75, 3.05) is 16.3 Å². The highest BCUT2D eigenvalue weighted by atomic mass is 32.2. The molecule has 1 aromatic carbocycles. The van der Waals surface area contributed by atoms with Crippen molar-refractivity contribution in [2.45, 2.75) is 20.3 Å². The number of benzene rings is 1. The van der Waals surface area contributed by atoms with E-state index < -0.39 is 10.0 Å². The Morgan fingerprint density at radius 1 is 1.19 bits per heavy atom. The SMILES string of the molecule is CCc1ccc(Nc2cc(C)ncn2)cc1NS(C)(=O)=O. The summed E-state index contributed by atoms with van der Waals surface area (Å²) in [6.07, 6.45) is 3.36. The molecule has 0 aliphatic rings. The smallest absolute Gasteiger partial charge is 0.229 e. The molecule has 21 heavy (non-hydrogen) atoms. The van der Waals surface area contributed by atoms with E-state index in [1.54, 1.807) is 6.07 Å². The van der Waals surface area contributed by atoms with Crippen molar-refractivity contribution >= 4 is 27.2 Å². The molecule has 0 spiro atoms. The first-order valence-corrected chi connectivity index (χ1v) is 8.43. The molecule has 2 aromatic rings. The Bertz CT molecular complexity index is 744. The number of hydrogen-bond donors (Lipinski definition) is 2. The van der Waals surface area contributed by atoms with Gasteiger partial charge in [-0.1, -0.05) is 13.0 Å². The highest BCUT2D eigenvalue weighted by molar-refractivity contribution is 7.92. The fourth-order valence-electron chi connectivity index (χ4n) is 1.93. The highest BCUT2D eigenvalue weighted by Crippen LogP contribution is 2.24. The van der Waals surface area contributed by atoms with Crippen LogP contribution >= 0.6 is 0 Å². The zero-order valence-electron chi connectivity index (χ0n) is 12.2. The van der Waals surface area contributed by atoms with E-state index in [0.717, 1.165) is 29.6 Å². The van der Waals surface area contributed by atoms with Gasteiger partial charge in [0.1, 0.15) is 12.1 Å². The van der Waals surface area contributed by atoms with Crippen molar-refractivity contribution in [3.63, 3.8) is 0 Å². The van der Waals surface area contributed by atoms with E-state index in [1.807, 2.05) is 32.0 Å². The van der Waals surface area contributed by atoms with Gasteiger partial charge in [-0.3, -0.25) is 4.72 Å². The molecule has 2 N–H and O–H groups in total. The Kier molecular flexibility index (Phi) is 4.42. The maximum atomic E-state index is 11.4. The van der Waals surface area contributed by atoms with E-state index in [9.17, 15) is 8.42 Å². The molecule has 6 nitrogen and oxygen atoms in total. The summed E-state index contributed by atoms with van der Waals surface area (Å²) in [4.78, 5) is 8.15. The molecule has 112 valence electrons. The van der Waals surface area contributed by atoms with Crippen LogP contribution in [0.25, 0.3) is 0 Å². The van der Waals surface area contributed by atoms with Crippen LogP contribution in [-0.4, -0.2) is 24.6 Å². The quantitative estimate of drug-likeness (QED) is 0.886. The lowest BCUT2D eigenvalue weighted by Crippen LogP contribution is -2.11. The van der Waals surface area contributed by atoms with E-state index in [0.29, 0.717) is 11.5 Å². The first-order valence-electron chi connectivity index (χ1n) is 6.54. The molecule has 0 atom stereocenters. The number of anilines is 3. The number of rotatable bonds is 5. The van der Waals surface area contributed by atoms with Crippen molar-refractivity contribution in [2.24, 2.45) is 0 Å². The van der Waals surface area contributed by atoms with Crippen LogP contribution in [0.3, 0.4) is 0 Å². The van der Waals surface area contributed by atoms with Gasteiger partial charge in [-0.15, -0.1) is 0 Å². The summed E-state index contributed by atoms with van der Waals surface area (Å²) in [6, 6.07) is 7.36. The molecule has 0 radical (unpaired) electrons. The summed E-state index contributed by atoms with van der Waals surface area (Å²) in [6.45, 7) is 3.85. The zero-order valence-corrected chi connectivity index (χ0v) is 13.0. The first-order chi connectivity index (χ1) is 9.87. The fourth-order valence-corrected chi connectivity index (χ4v) is 2.52. The minimum atomic E-state index is -3.31. The number of aryl methyl sites for hydroxylation is 2. The number of nitrogens with one attached hydrogen (secondary N) is 2. The van der Waals surface area contributed by atoms with E-state index >= 15 is 0 Å². The Hall–Kier alpha value is -2.15. The van der Waals surface area contributed by atoms with Crippen LogP contribution in [0, 0.1) is 6.92 Å². The van der Waals surface area contributed by atoms with Crippen LogP contribution < -0.4 is 10.0 Å². The van der Waals surface area contributed by atoms with Crippen molar-refractivity contribution < 1.29 is 8.42 Å². The topological polar surface area (TPSA) is 84.0 Å². The van der Waals surface area contributed by atoms with Crippen LogP contribution in [0.1, 0.15) is 18.2 Å². The second-order valence-corrected chi connectivity index (χ2v) is 6.52. The molecule has 0 aliphatic carbocycles. The summed E-state index contributed by atoms with van der Waals surface area (Å²) in [5.74, 6) is 0.664. The van der Waals surface area contributed by atoms with Crippen molar-refractivity contribution in [3.05, 3.63) is 41.9 Å². The van der Waals surface area contributed by atoms with E-state index in [1.165, 1.54) is 6.33 Å². The number of aromatic nitrogens is 2. The van der Waals surface area contributed by atoms with Crippen LogP contribution in [0.15, 0.2) is 30.6 Å². The highest BCUT2D eigenvalue weighted by Gasteiger charge is 2.08. The minimum Gasteiger partial charge on any atom is -0.340 e. The molecular weight excluding hydrogens is 288 g/mol. The standard InChI is InChI=1S/C14H18N4O2S/c1-4-11-5-6-12(8-13(11)18-21(3,19)20)17-14-7-10(2)15-9-16-14/h5-9,18H,4H2,1-3H3,(H,15,16,17). The van der Waals surface area contributed by atoms with Crippen molar-refractivity contribution in [3.8, 4) is 0 Å². The lowest BCUT2D eigenvalue weighted by molar-refractivity contribution is 0.606. The maximum Gasteiger partial charge on any atom is 0.229 e. The lowest BCUT2D eigenvalue weighted by atomic mass is 10.1. The van der Waals surface area contributed by atoms with Gasteiger partial charge in [-0.25, -0.2) is 18.4 Å². The number of hydrogen-bond acceptors (Lipinski definition) is 5. The van der Waals surface area contributed by atoms with Crippen molar-refractivity contribution in [1.29, 1.82) is 0 Å². The normalized spacial score (nSPS) is 11.2. The third-order valence-corrected chi connectivity index (χ3v) is 3.45. The molecule has 2 rings (SSSR count). The molecule has 0 aliphatic heterocycles. The zero-order chi connectivity index (χ0) is 15.5. The van der Waals surface area contributed by atoms with Crippen molar-refractivity contribution in [1.82, 2.24) is 9.97 Å². The van der Waals surface area contributed by atoms with Crippen LogP contribution in [0.2, 0.25) is 0 Å². The Morgan fingerprint density at radius 3 is 2.57 bits per heavy atom. The summed E-state index contributed by atoms with van der Waals surface area (Å²) in [5, 5.41) is 3.14. The monoisotopic (exact) mass is 306 g/mol. The predicted octanol–water partition coefficient (Wildman–Crippen LogP) is 2.46. The molecule has 0 fully saturated rings. The van der Waals surface area contributed by atoms with E-state index in [4.69, 9.17) is 0 Å². The largest absolute Gasteiger partial charge is 0.340 e. The molecule has 7 heteroatoms. The Morgan fingerprint density at radius 2 is 1.95 bits per heavy atom. The average Bonchev–Trinajstić information content (AvgIpc) is 2.37. The van der Waals surface area contributed by atoms with Crippen LogP contribution in [0.4, 0.5) is 17.2 Å². The van der Waals surface area contributed by atoms with Gasteiger partial charge in [0.05, 0.1) is 11.9 Å². The number of sulfonamides is 1. The molecule has 0 unspecified atom stereocenters. The van der Waals surface area contributed by atoms with Gasteiger partial charge in [0.2, 0.25) is 10.0 Å². The minimum absolute atomic E-state index is 0.579. The van der Waals surface area contributed by atoms with Gasteiger partial charge < -0.3 is 5.32 Å². The molecule has 0 amide bonds. The lowest BCUT2D eigenvalue weighted by Gasteiger charge is -2.12. The molecule has 1 aromatic heterocycles. The number of nitrogens with zero attached hydrogens (tertiary/aromatic N) is 2. The Labute approximate surface area is 124 Å². The van der Waals surface area contributed by atoms with Gasteiger partial charge >= 0.3 is 0 Å². The van der Waals surface area contributed by atoms with Gasteiger partial charge in [0.15, 0.2) is 0 Å². The summed E-state index contributed by atoms with van der Waals surface area (Å²) in [5.41, 5.74) is 3.13. The average molecular weight is 306 g/mol. The second-order valence-electron chi connectivity index (χ2n) is 4.77.